The molecule has 2 rings (SSSR count). The number of anilines is 1. The maximum Gasteiger partial charge on any atom is 0.230 e. The third kappa shape index (κ3) is 2.06. The van der Waals surface area contributed by atoms with Crippen molar-refractivity contribution in [3.63, 3.8) is 0 Å². The molecular formula is C9H9Cl2N3O. The van der Waals surface area contributed by atoms with Gasteiger partial charge in [-0.1, -0.05) is 30.1 Å². The fourth-order valence-corrected chi connectivity index (χ4v) is 1.54. The fraction of sp³-hybridized carbons (Fsp3) is 0.444. The molecule has 6 heteroatoms. The number of hydrogen-bond acceptors (Lipinski definition) is 3. The van der Waals surface area contributed by atoms with Crippen LogP contribution in [0, 0.1) is 5.41 Å². The molecule has 1 fully saturated rings. The van der Waals surface area contributed by atoms with Gasteiger partial charge in [-0.25, -0.2) is 9.97 Å². The second-order valence-electron chi connectivity index (χ2n) is 3.85. The summed E-state index contributed by atoms with van der Waals surface area (Å²) in [5.41, 5.74) is 0.0154. The van der Waals surface area contributed by atoms with Crippen LogP contribution in [-0.2, 0) is 4.79 Å². The van der Waals surface area contributed by atoms with Crippen LogP contribution in [0.3, 0.4) is 0 Å². The zero-order valence-corrected chi connectivity index (χ0v) is 9.56. The van der Waals surface area contributed by atoms with Gasteiger partial charge < -0.3 is 5.32 Å². The van der Waals surface area contributed by atoms with Crippen molar-refractivity contribution in [2.45, 2.75) is 19.8 Å². The lowest BCUT2D eigenvalue weighted by Crippen LogP contribution is -2.22. The summed E-state index contributed by atoms with van der Waals surface area (Å²) in [4.78, 5) is 19.2. The van der Waals surface area contributed by atoms with E-state index in [2.05, 4.69) is 15.3 Å². The van der Waals surface area contributed by atoms with Gasteiger partial charge in [0.05, 0.1) is 0 Å². The third-order valence-electron chi connectivity index (χ3n) is 2.54. The van der Waals surface area contributed by atoms with E-state index in [4.69, 9.17) is 23.2 Å². The zero-order chi connectivity index (χ0) is 11.1. The Kier molecular flexibility index (Phi) is 2.56. The molecule has 1 aliphatic carbocycles. The smallest absolute Gasteiger partial charge is 0.230 e. The number of halogens is 2. The molecule has 0 spiro atoms. The van der Waals surface area contributed by atoms with Gasteiger partial charge in [-0.3, -0.25) is 4.79 Å². The van der Waals surface area contributed by atoms with Crippen molar-refractivity contribution in [1.29, 1.82) is 0 Å². The normalized spacial score (nSPS) is 17.3. The Bertz CT molecular complexity index is 398. The SMILES string of the molecule is CC1(C(=O)Nc2c(Cl)ncnc2Cl)CC1. The highest BCUT2D eigenvalue weighted by Gasteiger charge is 2.45. The zero-order valence-electron chi connectivity index (χ0n) is 8.05. The molecule has 0 aliphatic heterocycles. The van der Waals surface area contributed by atoms with Gasteiger partial charge >= 0.3 is 0 Å². The number of amides is 1. The molecule has 1 amide bonds. The predicted octanol–water partition coefficient (Wildman–Crippen LogP) is 2.52. The highest BCUT2D eigenvalue weighted by atomic mass is 35.5. The van der Waals surface area contributed by atoms with Gasteiger partial charge in [-0.2, -0.15) is 0 Å². The van der Waals surface area contributed by atoms with Crippen molar-refractivity contribution in [3.8, 4) is 0 Å². The van der Waals surface area contributed by atoms with Crippen molar-refractivity contribution >= 4 is 34.8 Å². The first-order chi connectivity index (χ1) is 7.03. The summed E-state index contributed by atoms with van der Waals surface area (Å²) in [5, 5.41) is 2.97. The Hall–Kier alpha value is -0.870. The standard InChI is InChI=1S/C9H9Cl2N3O/c1-9(2-3-9)8(15)14-5-6(10)12-4-13-7(5)11/h4H,2-3H2,1H3,(H,14,15). The number of nitrogens with one attached hydrogen (secondary N) is 1. The molecule has 1 heterocycles. The van der Waals surface area contributed by atoms with Crippen molar-refractivity contribution < 1.29 is 4.79 Å². The van der Waals surface area contributed by atoms with Gasteiger partial charge in [0.2, 0.25) is 5.91 Å². The molecule has 0 bridgehead atoms. The van der Waals surface area contributed by atoms with Crippen LogP contribution < -0.4 is 5.32 Å². The van der Waals surface area contributed by atoms with Gasteiger partial charge in [0, 0.05) is 5.41 Å². The minimum absolute atomic E-state index is 0.0823. The Morgan fingerprint density at radius 1 is 1.40 bits per heavy atom. The second kappa shape index (κ2) is 3.61. The molecule has 1 aromatic rings. The van der Waals surface area contributed by atoms with Gasteiger partial charge in [0.1, 0.15) is 12.0 Å². The minimum atomic E-state index is -0.275. The Balaban J connectivity index is 2.20. The predicted molar refractivity (Wildman–Crippen MR) is 58.0 cm³/mol. The van der Waals surface area contributed by atoms with Crippen LogP contribution in [0.2, 0.25) is 10.3 Å². The van der Waals surface area contributed by atoms with E-state index in [-0.39, 0.29) is 21.6 Å². The number of aromatic nitrogens is 2. The lowest BCUT2D eigenvalue weighted by atomic mass is 10.1. The van der Waals surface area contributed by atoms with E-state index in [0.717, 1.165) is 12.8 Å². The molecule has 80 valence electrons. The average molecular weight is 246 g/mol. The molecule has 4 nitrogen and oxygen atoms in total. The maximum atomic E-state index is 11.7. The first-order valence-corrected chi connectivity index (χ1v) is 5.26. The van der Waals surface area contributed by atoms with E-state index in [0.29, 0.717) is 5.69 Å². The van der Waals surface area contributed by atoms with E-state index < -0.39 is 0 Å². The lowest BCUT2D eigenvalue weighted by Gasteiger charge is -2.11. The molecule has 0 radical (unpaired) electrons. The number of hydrogen-bond donors (Lipinski definition) is 1. The fourth-order valence-electron chi connectivity index (χ4n) is 1.13. The molecule has 0 aromatic carbocycles. The van der Waals surface area contributed by atoms with E-state index in [1.165, 1.54) is 6.33 Å². The summed E-state index contributed by atoms with van der Waals surface area (Å²) in [7, 11) is 0. The average Bonchev–Trinajstić information content (AvgIpc) is 2.91. The van der Waals surface area contributed by atoms with Crippen LogP contribution in [0.15, 0.2) is 6.33 Å². The molecule has 0 saturated heterocycles. The largest absolute Gasteiger partial charge is 0.320 e. The Morgan fingerprint density at radius 2 is 1.93 bits per heavy atom. The summed E-state index contributed by atoms with van der Waals surface area (Å²) in [5.74, 6) is -0.0823. The van der Waals surface area contributed by atoms with Crippen LogP contribution >= 0.6 is 23.2 Å². The van der Waals surface area contributed by atoms with E-state index in [1.807, 2.05) is 6.92 Å². The molecule has 15 heavy (non-hydrogen) atoms. The van der Waals surface area contributed by atoms with E-state index in [1.54, 1.807) is 0 Å². The van der Waals surface area contributed by atoms with Gasteiger partial charge in [-0.15, -0.1) is 0 Å². The quantitative estimate of drug-likeness (QED) is 0.815. The minimum Gasteiger partial charge on any atom is -0.320 e. The van der Waals surface area contributed by atoms with Crippen molar-refractivity contribution in [3.05, 3.63) is 16.6 Å². The summed E-state index contributed by atoms with van der Waals surface area (Å²) in [6.07, 6.45) is 3.03. The van der Waals surface area contributed by atoms with Gasteiger partial charge in [0.25, 0.3) is 0 Å². The second-order valence-corrected chi connectivity index (χ2v) is 4.56. The molecule has 0 unspecified atom stereocenters. The summed E-state index contributed by atoms with van der Waals surface area (Å²) < 4.78 is 0. The summed E-state index contributed by atoms with van der Waals surface area (Å²) in [6.45, 7) is 1.90. The molecule has 1 N–H and O–H groups in total. The van der Waals surface area contributed by atoms with E-state index in [9.17, 15) is 4.79 Å². The molecule has 1 saturated carbocycles. The number of rotatable bonds is 2. The summed E-state index contributed by atoms with van der Waals surface area (Å²) in [6, 6.07) is 0. The van der Waals surface area contributed by atoms with Crippen LogP contribution in [0.5, 0.6) is 0 Å². The van der Waals surface area contributed by atoms with Crippen LogP contribution in [0.25, 0.3) is 0 Å². The summed E-state index contributed by atoms with van der Waals surface area (Å²) >= 11 is 11.6. The number of nitrogens with zero attached hydrogens (tertiary/aromatic N) is 2. The highest BCUT2D eigenvalue weighted by Crippen LogP contribution is 2.46. The number of carbonyl (C=O) groups excluding carboxylic acids is 1. The Morgan fingerprint density at radius 3 is 2.40 bits per heavy atom. The monoisotopic (exact) mass is 245 g/mol. The van der Waals surface area contributed by atoms with Crippen molar-refractivity contribution in [1.82, 2.24) is 9.97 Å². The van der Waals surface area contributed by atoms with Crippen LogP contribution in [0.4, 0.5) is 5.69 Å². The Labute approximate surface area is 97.0 Å². The first kappa shape index (κ1) is 10.6. The third-order valence-corrected chi connectivity index (χ3v) is 3.11. The molecular weight excluding hydrogens is 237 g/mol. The van der Waals surface area contributed by atoms with Crippen LogP contribution in [-0.4, -0.2) is 15.9 Å². The van der Waals surface area contributed by atoms with Gasteiger partial charge in [-0.05, 0) is 12.8 Å². The van der Waals surface area contributed by atoms with Crippen LogP contribution in [0.1, 0.15) is 19.8 Å². The van der Waals surface area contributed by atoms with Crippen molar-refractivity contribution in [2.24, 2.45) is 5.41 Å². The highest BCUT2D eigenvalue weighted by molar-refractivity contribution is 6.38. The molecule has 0 atom stereocenters. The molecule has 1 aliphatic rings. The van der Waals surface area contributed by atoms with Gasteiger partial charge in [0.15, 0.2) is 10.3 Å². The first-order valence-electron chi connectivity index (χ1n) is 4.50. The van der Waals surface area contributed by atoms with Crippen molar-refractivity contribution in [2.75, 3.05) is 5.32 Å². The number of carbonyl (C=O) groups is 1. The maximum absolute atomic E-state index is 11.7. The lowest BCUT2D eigenvalue weighted by molar-refractivity contribution is -0.120. The van der Waals surface area contributed by atoms with E-state index >= 15 is 0 Å². The molecule has 1 aromatic heterocycles. The topological polar surface area (TPSA) is 54.9 Å².